The normalized spacial score (nSPS) is 19.0. The lowest BCUT2D eigenvalue weighted by Gasteiger charge is -2.32. The Morgan fingerprint density at radius 2 is 2.12 bits per heavy atom. The summed E-state index contributed by atoms with van der Waals surface area (Å²) in [6, 6.07) is 0. The molecule has 1 heterocycles. The molecule has 1 rings (SSSR count). The van der Waals surface area contributed by atoms with Crippen LogP contribution >= 0.6 is 0 Å². The molecule has 1 aliphatic rings. The van der Waals surface area contributed by atoms with E-state index in [1.807, 2.05) is 0 Å². The van der Waals surface area contributed by atoms with Crippen LogP contribution in [0.15, 0.2) is 17.1 Å². The van der Waals surface area contributed by atoms with Gasteiger partial charge < -0.3 is 10.2 Å². The van der Waals surface area contributed by atoms with Gasteiger partial charge in [-0.05, 0) is 39.0 Å². The maximum Gasteiger partial charge on any atom is 0.193 e. The Labute approximate surface area is 106 Å². The highest BCUT2D eigenvalue weighted by atomic mass is 15.3. The zero-order valence-corrected chi connectivity index (χ0v) is 11.6. The predicted molar refractivity (Wildman–Crippen MR) is 75.4 cm³/mol. The van der Waals surface area contributed by atoms with Gasteiger partial charge in [0.05, 0.1) is 0 Å². The maximum absolute atomic E-state index is 4.68. The summed E-state index contributed by atoms with van der Waals surface area (Å²) in [5, 5.41) is 3.40. The van der Waals surface area contributed by atoms with E-state index in [2.05, 4.69) is 48.1 Å². The summed E-state index contributed by atoms with van der Waals surface area (Å²) in [4.78, 5) is 7.08. The van der Waals surface area contributed by atoms with E-state index in [0.29, 0.717) is 0 Å². The summed E-state index contributed by atoms with van der Waals surface area (Å²) in [7, 11) is 0. The maximum atomic E-state index is 4.68. The minimum atomic E-state index is 0.872. The van der Waals surface area contributed by atoms with Gasteiger partial charge in [-0.2, -0.15) is 0 Å². The number of guanidine groups is 1. The summed E-state index contributed by atoms with van der Waals surface area (Å²) < 4.78 is 0. The molecule has 0 aromatic rings. The van der Waals surface area contributed by atoms with E-state index in [-0.39, 0.29) is 0 Å². The highest BCUT2D eigenvalue weighted by Crippen LogP contribution is 2.15. The third-order valence-corrected chi connectivity index (χ3v) is 3.21. The smallest absolute Gasteiger partial charge is 0.193 e. The first kappa shape index (κ1) is 14.1. The Balaban J connectivity index is 2.46. The summed E-state index contributed by atoms with van der Waals surface area (Å²) >= 11 is 0. The fourth-order valence-corrected chi connectivity index (χ4v) is 2.06. The molecule has 1 N–H and O–H groups in total. The molecule has 0 aromatic heterocycles. The molecule has 0 aliphatic carbocycles. The number of allylic oxidation sites excluding steroid dienone is 1. The Morgan fingerprint density at radius 1 is 1.41 bits per heavy atom. The molecule has 0 saturated carbocycles. The lowest BCUT2D eigenvalue weighted by atomic mass is 10.00. The van der Waals surface area contributed by atoms with E-state index in [4.69, 9.17) is 0 Å². The van der Waals surface area contributed by atoms with Gasteiger partial charge in [-0.25, -0.2) is 0 Å². The second-order valence-electron chi connectivity index (χ2n) is 4.76. The van der Waals surface area contributed by atoms with Crippen LogP contribution in [-0.4, -0.2) is 37.0 Å². The van der Waals surface area contributed by atoms with Crippen molar-refractivity contribution in [3.05, 3.63) is 12.2 Å². The average molecular weight is 237 g/mol. The fourth-order valence-electron chi connectivity index (χ4n) is 2.06. The molecule has 0 spiro atoms. The molecule has 17 heavy (non-hydrogen) atoms. The molecule has 3 nitrogen and oxygen atoms in total. The zero-order valence-electron chi connectivity index (χ0n) is 11.6. The summed E-state index contributed by atoms with van der Waals surface area (Å²) in [5.41, 5.74) is 0. The number of likely N-dealkylation sites (tertiary alicyclic amines) is 1. The minimum Gasteiger partial charge on any atom is -0.357 e. The first-order chi connectivity index (χ1) is 8.27. The summed E-state index contributed by atoms with van der Waals surface area (Å²) in [6.45, 7) is 10.7. The topological polar surface area (TPSA) is 27.6 Å². The summed E-state index contributed by atoms with van der Waals surface area (Å²) in [5.74, 6) is 1.97. The van der Waals surface area contributed by atoms with Gasteiger partial charge in [-0.15, -0.1) is 0 Å². The van der Waals surface area contributed by atoms with Gasteiger partial charge in [0, 0.05) is 26.2 Å². The van der Waals surface area contributed by atoms with Crippen molar-refractivity contribution in [2.75, 3.05) is 26.2 Å². The van der Waals surface area contributed by atoms with Crippen molar-refractivity contribution in [2.45, 2.75) is 40.0 Å². The first-order valence-corrected chi connectivity index (χ1v) is 6.92. The first-order valence-electron chi connectivity index (χ1n) is 6.92. The largest absolute Gasteiger partial charge is 0.357 e. The number of nitrogens with one attached hydrogen (secondary N) is 1. The number of aliphatic imine (C=N–C) groups is 1. The van der Waals surface area contributed by atoms with Crippen LogP contribution in [-0.2, 0) is 0 Å². The minimum absolute atomic E-state index is 0.872. The van der Waals surface area contributed by atoms with E-state index in [0.717, 1.165) is 44.5 Å². The standard InChI is InChI=1S/C14H27N3/c1-4-6-7-10-16-14(15-5-2)17-11-8-13(3)9-12-17/h4,6,13H,5,7-12H2,1-3H3,(H,15,16). The van der Waals surface area contributed by atoms with Crippen LogP contribution in [0.3, 0.4) is 0 Å². The van der Waals surface area contributed by atoms with Crippen LogP contribution in [0.25, 0.3) is 0 Å². The van der Waals surface area contributed by atoms with Gasteiger partial charge in [0.1, 0.15) is 0 Å². The van der Waals surface area contributed by atoms with Gasteiger partial charge in [0.25, 0.3) is 0 Å². The molecule has 0 unspecified atom stereocenters. The van der Waals surface area contributed by atoms with Gasteiger partial charge in [-0.1, -0.05) is 19.1 Å². The monoisotopic (exact) mass is 237 g/mol. The molecule has 0 radical (unpaired) electrons. The van der Waals surface area contributed by atoms with Crippen molar-refractivity contribution in [3.63, 3.8) is 0 Å². The van der Waals surface area contributed by atoms with E-state index in [1.165, 1.54) is 12.8 Å². The molecule has 3 heteroatoms. The van der Waals surface area contributed by atoms with E-state index < -0.39 is 0 Å². The van der Waals surface area contributed by atoms with Crippen LogP contribution in [0.5, 0.6) is 0 Å². The number of hydrogen-bond acceptors (Lipinski definition) is 1. The van der Waals surface area contributed by atoms with E-state index in [1.54, 1.807) is 0 Å². The van der Waals surface area contributed by atoms with Gasteiger partial charge in [0.15, 0.2) is 5.96 Å². The van der Waals surface area contributed by atoms with Crippen LogP contribution in [0, 0.1) is 5.92 Å². The Hall–Kier alpha value is -0.990. The van der Waals surface area contributed by atoms with Crippen LogP contribution in [0.1, 0.15) is 40.0 Å². The van der Waals surface area contributed by atoms with Gasteiger partial charge in [0.2, 0.25) is 0 Å². The van der Waals surface area contributed by atoms with Crippen molar-refractivity contribution in [2.24, 2.45) is 10.9 Å². The molecular weight excluding hydrogens is 210 g/mol. The quantitative estimate of drug-likeness (QED) is 0.352. The van der Waals surface area contributed by atoms with Crippen molar-refractivity contribution in [1.82, 2.24) is 10.2 Å². The lowest BCUT2D eigenvalue weighted by Crippen LogP contribution is -2.45. The van der Waals surface area contributed by atoms with Crippen molar-refractivity contribution in [1.29, 1.82) is 0 Å². The molecule has 1 fully saturated rings. The Kier molecular flexibility index (Phi) is 6.75. The van der Waals surface area contributed by atoms with Crippen LogP contribution in [0.4, 0.5) is 0 Å². The SMILES string of the molecule is CC=CCCN=C(NCC)N1CCC(C)CC1. The van der Waals surface area contributed by atoms with E-state index >= 15 is 0 Å². The summed E-state index contributed by atoms with van der Waals surface area (Å²) in [6.07, 6.45) is 7.88. The zero-order chi connectivity index (χ0) is 12.5. The molecule has 0 aromatic carbocycles. The molecule has 0 amide bonds. The molecule has 1 aliphatic heterocycles. The fraction of sp³-hybridized carbons (Fsp3) is 0.786. The lowest BCUT2D eigenvalue weighted by molar-refractivity contribution is 0.273. The third-order valence-electron chi connectivity index (χ3n) is 3.21. The molecule has 98 valence electrons. The van der Waals surface area contributed by atoms with Crippen molar-refractivity contribution < 1.29 is 0 Å². The highest BCUT2D eigenvalue weighted by Gasteiger charge is 2.18. The Morgan fingerprint density at radius 3 is 2.71 bits per heavy atom. The number of hydrogen-bond donors (Lipinski definition) is 1. The molecule has 0 atom stereocenters. The molecule has 0 bridgehead atoms. The Bertz CT molecular complexity index is 250. The van der Waals surface area contributed by atoms with Gasteiger partial charge in [-0.3, -0.25) is 4.99 Å². The van der Waals surface area contributed by atoms with Crippen molar-refractivity contribution >= 4 is 5.96 Å². The second kappa shape index (κ2) is 8.15. The van der Waals surface area contributed by atoms with Crippen LogP contribution < -0.4 is 5.32 Å². The third kappa shape index (κ3) is 5.24. The van der Waals surface area contributed by atoms with Crippen molar-refractivity contribution in [3.8, 4) is 0 Å². The number of piperidine rings is 1. The average Bonchev–Trinajstić information content (AvgIpc) is 2.34. The van der Waals surface area contributed by atoms with Crippen LogP contribution in [0.2, 0.25) is 0 Å². The predicted octanol–water partition coefficient (Wildman–Crippen LogP) is 2.65. The molecule has 1 saturated heterocycles. The van der Waals surface area contributed by atoms with E-state index in [9.17, 15) is 0 Å². The molecular formula is C14H27N3. The highest BCUT2D eigenvalue weighted by molar-refractivity contribution is 5.80. The second-order valence-corrected chi connectivity index (χ2v) is 4.76. The number of rotatable bonds is 4. The number of nitrogens with zero attached hydrogens (tertiary/aromatic N) is 2. The van der Waals surface area contributed by atoms with Gasteiger partial charge >= 0.3 is 0 Å².